The first-order valence-corrected chi connectivity index (χ1v) is 6.20. The van der Waals surface area contributed by atoms with Crippen molar-refractivity contribution in [3.05, 3.63) is 24.0 Å². The fourth-order valence-corrected chi connectivity index (χ4v) is 1.83. The molecule has 1 aromatic rings. The zero-order valence-corrected chi connectivity index (χ0v) is 10.3. The van der Waals surface area contributed by atoms with Crippen LogP contribution in [-0.2, 0) is 9.53 Å². The maximum absolute atomic E-state index is 12.8. The van der Waals surface area contributed by atoms with Gasteiger partial charge in [-0.25, -0.2) is 4.39 Å². The van der Waals surface area contributed by atoms with Crippen molar-refractivity contribution in [2.24, 2.45) is 0 Å². The lowest BCUT2D eigenvalue weighted by molar-refractivity contribution is -0.113. The van der Waals surface area contributed by atoms with Crippen LogP contribution in [0.15, 0.2) is 18.2 Å². The summed E-state index contributed by atoms with van der Waals surface area (Å²) in [6.45, 7) is 0.608. The molecule has 0 saturated heterocycles. The van der Waals surface area contributed by atoms with E-state index in [0.29, 0.717) is 18.0 Å². The van der Waals surface area contributed by atoms with Crippen LogP contribution in [0.1, 0.15) is 0 Å². The van der Waals surface area contributed by atoms with Crippen LogP contribution in [-0.4, -0.2) is 31.1 Å². The summed E-state index contributed by atoms with van der Waals surface area (Å²) < 4.78 is 17.6. The Morgan fingerprint density at radius 3 is 3.00 bits per heavy atom. The normalized spacial score (nSPS) is 10.2. The van der Waals surface area contributed by atoms with Gasteiger partial charge >= 0.3 is 0 Å². The molecule has 0 fully saturated rings. The van der Waals surface area contributed by atoms with E-state index in [1.807, 2.05) is 0 Å². The van der Waals surface area contributed by atoms with E-state index in [1.165, 1.54) is 30.0 Å². The minimum absolute atomic E-state index is 0.163. The van der Waals surface area contributed by atoms with Gasteiger partial charge in [-0.1, -0.05) is 0 Å². The quantitative estimate of drug-likeness (QED) is 0.602. The average molecular weight is 258 g/mol. The lowest BCUT2D eigenvalue weighted by Crippen LogP contribution is -2.16. The van der Waals surface area contributed by atoms with Crippen molar-refractivity contribution in [1.29, 1.82) is 0 Å². The molecule has 1 aromatic carbocycles. The molecule has 0 heterocycles. The van der Waals surface area contributed by atoms with Crippen LogP contribution < -0.4 is 11.1 Å². The molecule has 0 unspecified atom stereocenters. The van der Waals surface area contributed by atoms with Gasteiger partial charge in [0.05, 0.1) is 23.7 Å². The van der Waals surface area contributed by atoms with Crippen molar-refractivity contribution in [1.82, 2.24) is 0 Å². The van der Waals surface area contributed by atoms with E-state index >= 15 is 0 Å². The summed E-state index contributed by atoms with van der Waals surface area (Å²) >= 11 is 1.46. The van der Waals surface area contributed by atoms with E-state index in [0.717, 1.165) is 5.75 Å². The van der Waals surface area contributed by atoms with Gasteiger partial charge in [0.1, 0.15) is 5.82 Å². The lowest BCUT2D eigenvalue weighted by atomic mass is 10.2. The number of carbonyl (C=O) groups excluding carboxylic acids is 1. The molecule has 0 saturated carbocycles. The Bertz CT molecular complexity index is 388. The second-order valence-corrected chi connectivity index (χ2v) is 4.43. The molecular formula is C11H15FN2O2S. The van der Waals surface area contributed by atoms with Crippen LogP contribution in [0.2, 0.25) is 0 Å². The number of amides is 1. The molecule has 1 amide bonds. The van der Waals surface area contributed by atoms with Crippen molar-refractivity contribution in [2.45, 2.75) is 0 Å². The highest BCUT2D eigenvalue weighted by atomic mass is 32.2. The third-order valence-electron chi connectivity index (χ3n) is 1.95. The van der Waals surface area contributed by atoms with Gasteiger partial charge in [-0.3, -0.25) is 4.79 Å². The molecule has 0 aliphatic carbocycles. The number of halogens is 1. The number of rotatable bonds is 6. The summed E-state index contributed by atoms with van der Waals surface area (Å²) in [6, 6.07) is 3.88. The summed E-state index contributed by atoms with van der Waals surface area (Å²) in [5, 5.41) is 2.62. The van der Waals surface area contributed by atoms with Gasteiger partial charge in [0.15, 0.2) is 0 Å². The van der Waals surface area contributed by atoms with Gasteiger partial charge in [-0.15, -0.1) is 11.8 Å². The smallest absolute Gasteiger partial charge is 0.234 e. The van der Waals surface area contributed by atoms with E-state index in [9.17, 15) is 9.18 Å². The second-order valence-electron chi connectivity index (χ2n) is 3.33. The molecular weight excluding hydrogens is 243 g/mol. The monoisotopic (exact) mass is 258 g/mol. The van der Waals surface area contributed by atoms with Crippen LogP contribution in [0.3, 0.4) is 0 Å². The zero-order valence-electron chi connectivity index (χ0n) is 9.53. The van der Waals surface area contributed by atoms with Gasteiger partial charge in [-0.2, -0.15) is 0 Å². The Morgan fingerprint density at radius 1 is 1.59 bits per heavy atom. The van der Waals surface area contributed by atoms with Crippen LogP contribution in [0, 0.1) is 5.82 Å². The molecule has 17 heavy (non-hydrogen) atoms. The first kappa shape index (κ1) is 13.8. The fourth-order valence-electron chi connectivity index (χ4n) is 1.14. The van der Waals surface area contributed by atoms with E-state index in [-0.39, 0.29) is 11.6 Å². The number of nitrogen functional groups attached to an aromatic ring is 1. The van der Waals surface area contributed by atoms with Crippen molar-refractivity contribution in [3.8, 4) is 0 Å². The minimum atomic E-state index is -0.421. The topological polar surface area (TPSA) is 64.3 Å². The molecule has 6 heteroatoms. The van der Waals surface area contributed by atoms with Crippen molar-refractivity contribution >= 4 is 29.0 Å². The number of hydrogen-bond donors (Lipinski definition) is 2. The molecule has 0 atom stereocenters. The summed E-state index contributed by atoms with van der Waals surface area (Å²) in [6.07, 6.45) is 0. The largest absolute Gasteiger partial charge is 0.397 e. The molecule has 4 nitrogen and oxygen atoms in total. The highest BCUT2D eigenvalue weighted by Gasteiger charge is 2.05. The Labute approximate surface area is 104 Å². The summed E-state index contributed by atoms with van der Waals surface area (Å²) in [4.78, 5) is 11.5. The van der Waals surface area contributed by atoms with Gasteiger partial charge < -0.3 is 15.8 Å². The Balaban J connectivity index is 2.40. The van der Waals surface area contributed by atoms with E-state index in [4.69, 9.17) is 10.5 Å². The predicted molar refractivity (Wildman–Crippen MR) is 68.6 cm³/mol. The standard InChI is InChI=1S/C11H15FN2O2S/c1-16-4-5-17-7-11(15)14-10-3-2-8(12)6-9(10)13/h2-3,6H,4-5,7,13H2,1H3,(H,14,15). The van der Waals surface area contributed by atoms with Gasteiger partial charge in [0.2, 0.25) is 5.91 Å². The molecule has 0 aliphatic rings. The summed E-state index contributed by atoms with van der Waals surface area (Å²) in [5.41, 5.74) is 6.22. The number of nitrogens with one attached hydrogen (secondary N) is 1. The highest BCUT2D eigenvalue weighted by Crippen LogP contribution is 2.19. The van der Waals surface area contributed by atoms with Crippen LogP contribution in [0.25, 0.3) is 0 Å². The van der Waals surface area contributed by atoms with Crippen molar-refractivity contribution in [2.75, 3.05) is 36.3 Å². The SMILES string of the molecule is COCCSCC(=O)Nc1ccc(F)cc1N. The molecule has 0 radical (unpaired) electrons. The summed E-state index contributed by atoms with van der Waals surface area (Å²) in [7, 11) is 1.61. The number of methoxy groups -OCH3 is 1. The lowest BCUT2D eigenvalue weighted by Gasteiger charge is -2.07. The Hall–Kier alpha value is -1.27. The second kappa shape index (κ2) is 7.13. The molecule has 1 rings (SSSR count). The Kier molecular flexibility index (Phi) is 5.79. The molecule has 0 bridgehead atoms. The summed E-state index contributed by atoms with van der Waals surface area (Å²) in [5.74, 6) is 0.489. The van der Waals surface area contributed by atoms with Crippen LogP contribution in [0.5, 0.6) is 0 Å². The maximum Gasteiger partial charge on any atom is 0.234 e. The number of benzene rings is 1. The predicted octanol–water partition coefficient (Wildman–Crippen LogP) is 1.73. The number of ether oxygens (including phenoxy) is 1. The third-order valence-corrected chi connectivity index (χ3v) is 2.87. The number of carbonyl (C=O) groups is 1. The minimum Gasteiger partial charge on any atom is -0.397 e. The first-order chi connectivity index (χ1) is 8.13. The van der Waals surface area contributed by atoms with Gasteiger partial charge in [0.25, 0.3) is 0 Å². The first-order valence-electron chi connectivity index (χ1n) is 5.05. The fraction of sp³-hybridized carbons (Fsp3) is 0.364. The number of anilines is 2. The van der Waals surface area contributed by atoms with Crippen molar-refractivity contribution < 1.29 is 13.9 Å². The molecule has 0 spiro atoms. The molecule has 0 aromatic heterocycles. The van der Waals surface area contributed by atoms with E-state index in [2.05, 4.69) is 5.32 Å². The zero-order chi connectivity index (χ0) is 12.7. The van der Waals surface area contributed by atoms with E-state index in [1.54, 1.807) is 7.11 Å². The number of hydrogen-bond acceptors (Lipinski definition) is 4. The van der Waals surface area contributed by atoms with Crippen LogP contribution in [0.4, 0.5) is 15.8 Å². The number of nitrogens with two attached hydrogens (primary N) is 1. The van der Waals surface area contributed by atoms with Crippen molar-refractivity contribution in [3.63, 3.8) is 0 Å². The average Bonchev–Trinajstić information content (AvgIpc) is 2.28. The van der Waals surface area contributed by atoms with Crippen LogP contribution >= 0.6 is 11.8 Å². The molecule has 3 N–H and O–H groups in total. The van der Waals surface area contributed by atoms with E-state index < -0.39 is 5.82 Å². The van der Waals surface area contributed by atoms with Gasteiger partial charge in [0, 0.05) is 12.9 Å². The third kappa shape index (κ3) is 5.06. The van der Waals surface area contributed by atoms with Gasteiger partial charge in [-0.05, 0) is 18.2 Å². The molecule has 0 aliphatic heterocycles. The Morgan fingerprint density at radius 2 is 2.35 bits per heavy atom. The maximum atomic E-state index is 12.8. The number of thioether (sulfide) groups is 1. The molecule has 94 valence electrons. The highest BCUT2D eigenvalue weighted by molar-refractivity contribution is 7.99.